The molecule has 1 heterocycles. The smallest absolute Gasteiger partial charge is 0.283 e. The van der Waals surface area contributed by atoms with Crippen molar-refractivity contribution in [3.05, 3.63) is 54.9 Å². The number of carbonyl (C=O) groups is 2. The van der Waals surface area contributed by atoms with Crippen molar-refractivity contribution in [1.29, 1.82) is 0 Å². The molecule has 0 radical (unpaired) electrons. The molecule has 3 N–H and O–H groups in total. The minimum atomic E-state index is -0.672. The highest BCUT2D eigenvalue weighted by atomic mass is 35.5. The molecule has 28 heavy (non-hydrogen) atoms. The van der Waals surface area contributed by atoms with Crippen LogP contribution in [-0.4, -0.2) is 16.7 Å². The average Bonchev–Trinajstić information content (AvgIpc) is 2.98. The van der Waals surface area contributed by atoms with Crippen molar-refractivity contribution >= 4 is 45.4 Å². The molecule has 2 aromatic rings. The molecule has 0 aliphatic heterocycles. The highest BCUT2D eigenvalue weighted by Crippen LogP contribution is 2.41. The second kappa shape index (κ2) is 8.28. The van der Waals surface area contributed by atoms with E-state index in [0.29, 0.717) is 16.5 Å². The molecule has 1 atom stereocenters. The maximum Gasteiger partial charge on any atom is 0.283 e. The monoisotopic (exact) mass is 421 g/mol. The first-order valence-corrected chi connectivity index (χ1v) is 10.2. The van der Waals surface area contributed by atoms with E-state index in [2.05, 4.69) is 12.2 Å². The van der Waals surface area contributed by atoms with E-state index in [0.717, 1.165) is 48.6 Å². The third kappa shape index (κ3) is 4.02. The Bertz CT molecular complexity index is 957. The summed E-state index contributed by atoms with van der Waals surface area (Å²) in [5, 5.41) is 14.4. The van der Waals surface area contributed by atoms with Crippen molar-refractivity contribution in [2.24, 2.45) is 11.7 Å². The molecule has 9 heteroatoms. The standard InChI is InChI=1S/C19H20ClN3O4S/c1-2-3-10-4-6-13-15(8-10)28-19(16(13)17(21)24)22-18(25)12-7-5-11(20)9-14(12)23(26)27/h5,7,9-10H,2-4,6,8H2,1H3,(H2,21,24)(H,22,25). The first-order chi connectivity index (χ1) is 13.3. The van der Waals surface area contributed by atoms with Gasteiger partial charge in [0.15, 0.2) is 0 Å². The van der Waals surface area contributed by atoms with Gasteiger partial charge in [-0.25, -0.2) is 0 Å². The van der Waals surface area contributed by atoms with Crippen molar-refractivity contribution in [3.63, 3.8) is 0 Å². The van der Waals surface area contributed by atoms with Crippen LogP contribution in [0.1, 0.15) is 57.3 Å². The molecule has 1 aromatic heterocycles. The Balaban J connectivity index is 1.94. The molecule has 1 unspecified atom stereocenters. The second-order valence-electron chi connectivity index (χ2n) is 6.84. The largest absolute Gasteiger partial charge is 0.365 e. The van der Waals surface area contributed by atoms with E-state index < -0.39 is 22.4 Å². The number of amides is 2. The number of nitrogens with one attached hydrogen (secondary N) is 1. The Morgan fingerprint density at radius 2 is 2.18 bits per heavy atom. The first-order valence-electron chi connectivity index (χ1n) is 9.01. The summed E-state index contributed by atoms with van der Waals surface area (Å²) in [5.41, 5.74) is 6.27. The number of nitro benzene ring substituents is 1. The zero-order chi connectivity index (χ0) is 20.4. The molecule has 0 bridgehead atoms. The highest BCUT2D eigenvalue weighted by molar-refractivity contribution is 7.17. The van der Waals surface area contributed by atoms with Gasteiger partial charge in [-0.15, -0.1) is 11.3 Å². The number of fused-ring (bicyclic) bond motifs is 1. The molecule has 148 valence electrons. The average molecular weight is 422 g/mol. The number of rotatable bonds is 6. The normalized spacial score (nSPS) is 15.7. The van der Waals surface area contributed by atoms with Crippen LogP contribution in [0.5, 0.6) is 0 Å². The summed E-state index contributed by atoms with van der Waals surface area (Å²) in [6.07, 6.45) is 4.78. The van der Waals surface area contributed by atoms with Crippen LogP contribution >= 0.6 is 22.9 Å². The number of halogens is 1. The van der Waals surface area contributed by atoms with E-state index in [9.17, 15) is 19.7 Å². The van der Waals surface area contributed by atoms with Crippen LogP contribution in [-0.2, 0) is 12.8 Å². The highest BCUT2D eigenvalue weighted by Gasteiger charge is 2.29. The first kappa shape index (κ1) is 20.3. The minimum absolute atomic E-state index is 0.125. The quantitative estimate of drug-likeness (QED) is 0.525. The van der Waals surface area contributed by atoms with E-state index in [1.54, 1.807) is 0 Å². The molecular weight excluding hydrogens is 402 g/mol. The zero-order valence-electron chi connectivity index (χ0n) is 15.3. The summed E-state index contributed by atoms with van der Waals surface area (Å²) < 4.78 is 0. The molecule has 0 saturated heterocycles. The molecule has 1 aliphatic carbocycles. The van der Waals surface area contributed by atoms with Gasteiger partial charge < -0.3 is 11.1 Å². The lowest BCUT2D eigenvalue weighted by Crippen LogP contribution is -2.20. The van der Waals surface area contributed by atoms with Gasteiger partial charge in [0.05, 0.1) is 10.5 Å². The van der Waals surface area contributed by atoms with Crippen LogP contribution in [0.15, 0.2) is 18.2 Å². The van der Waals surface area contributed by atoms with E-state index in [1.165, 1.54) is 23.5 Å². The summed E-state index contributed by atoms with van der Waals surface area (Å²) in [6.45, 7) is 2.14. The predicted octanol–water partition coefficient (Wildman–Crippen LogP) is 4.57. The van der Waals surface area contributed by atoms with Gasteiger partial charge in [0.2, 0.25) is 0 Å². The molecule has 7 nitrogen and oxygen atoms in total. The number of nitro groups is 1. The van der Waals surface area contributed by atoms with Gasteiger partial charge in [0.25, 0.3) is 17.5 Å². The lowest BCUT2D eigenvalue weighted by Gasteiger charge is -2.21. The van der Waals surface area contributed by atoms with Crippen molar-refractivity contribution in [2.75, 3.05) is 5.32 Å². The summed E-state index contributed by atoms with van der Waals surface area (Å²) in [4.78, 5) is 36.4. The number of thiophene rings is 1. The molecule has 0 fully saturated rings. The maximum atomic E-state index is 12.7. The van der Waals surface area contributed by atoms with Crippen LogP contribution in [0.3, 0.4) is 0 Å². The van der Waals surface area contributed by atoms with Crippen molar-refractivity contribution in [2.45, 2.75) is 39.0 Å². The minimum Gasteiger partial charge on any atom is -0.365 e. The van der Waals surface area contributed by atoms with Gasteiger partial charge in [-0.1, -0.05) is 31.4 Å². The fourth-order valence-corrected chi connectivity index (χ4v) is 5.20. The van der Waals surface area contributed by atoms with Gasteiger partial charge in [-0.3, -0.25) is 19.7 Å². The Labute approximate surface area is 171 Å². The molecule has 3 rings (SSSR count). The zero-order valence-corrected chi connectivity index (χ0v) is 16.9. The molecule has 1 aliphatic rings. The van der Waals surface area contributed by atoms with Crippen LogP contribution in [0.25, 0.3) is 0 Å². The Hall–Kier alpha value is -2.45. The number of hydrogen-bond acceptors (Lipinski definition) is 5. The Morgan fingerprint density at radius 1 is 1.43 bits per heavy atom. The van der Waals surface area contributed by atoms with Gasteiger partial charge >= 0.3 is 0 Å². The third-order valence-corrected chi connectivity index (χ3v) is 6.34. The van der Waals surface area contributed by atoms with E-state index in [-0.39, 0.29) is 10.6 Å². The van der Waals surface area contributed by atoms with Crippen LogP contribution in [0.4, 0.5) is 10.7 Å². The number of carbonyl (C=O) groups excluding carboxylic acids is 2. The molecule has 2 amide bonds. The number of nitrogens with zero attached hydrogens (tertiary/aromatic N) is 1. The molecule has 1 aromatic carbocycles. The van der Waals surface area contributed by atoms with Crippen molar-refractivity contribution in [1.82, 2.24) is 0 Å². The lowest BCUT2D eigenvalue weighted by molar-refractivity contribution is -0.385. The maximum absolute atomic E-state index is 12.7. The van der Waals surface area contributed by atoms with Crippen molar-refractivity contribution in [3.8, 4) is 0 Å². The van der Waals surface area contributed by atoms with E-state index in [4.69, 9.17) is 17.3 Å². The Kier molecular flexibility index (Phi) is 6.00. The van der Waals surface area contributed by atoms with Gasteiger partial charge in [0, 0.05) is 16.0 Å². The SMILES string of the molecule is CCCC1CCc2c(sc(NC(=O)c3ccc(Cl)cc3[N+](=O)[O-])c2C(N)=O)C1. The molecule has 0 spiro atoms. The van der Waals surface area contributed by atoms with Crippen LogP contribution < -0.4 is 11.1 Å². The van der Waals surface area contributed by atoms with Crippen molar-refractivity contribution < 1.29 is 14.5 Å². The second-order valence-corrected chi connectivity index (χ2v) is 8.38. The summed E-state index contributed by atoms with van der Waals surface area (Å²) in [7, 11) is 0. The summed E-state index contributed by atoms with van der Waals surface area (Å²) in [6, 6.07) is 3.83. The van der Waals surface area contributed by atoms with E-state index in [1.807, 2.05) is 0 Å². The van der Waals surface area contributed by atoms with Crippen LogP contribution in [0, 0.1) is 16.0 Å². The number of anilines is 1. The number of benzene rings is 1. The molecular formula is C19H20ClN3O4S. The fourth-order valence-electron chi connectivity index (χ4n) is 3.68. The number of primary amides is 1. The lowest BCUT2D eigenvalue weighted by atomic mass is 9.84. The fraction of sp³-hybridized carbons (Fsp3) is 0.368. The van der Waals surface area contributed by atoms with E-state index >= 15 is 0 Å². The summed E-state index contributed by atoms with van der Waals surface area (Å²) >= 11 is 7.14. The third-order valence-electron chi connectivity index (χ3n) is 4.94. The number of hydrogen-bond donors (Lipinski definition) is 2. The molecule has 0 saturated carbocycles. The predicted molar refractivity (Wildman–Crippen MR) is 109 cm³/mol. The number of nitrogens with two attached hydrogens (primary N) is 1. The Morgan fingerprint density at radius 3 is 2.82 bits per heavy atom. The van der Waals surface area contributed by atoms with Crippen LogP contribution in [0.2, 0.25) is 5.02 Å². The van der Waals surface area contributed by atoms with Gasteiger partial charge in [-0.05, 0) is 42.9 Å². The summed E-state index contributed by atoms with van der Waals surface area (Å²) in [5.74, 6) is -0.723. The van der Waals surface area contributed by atoms with Gasteiger partial charge in [0.1, 0.15) is 10.6 Å². The van der Waals surface area contributed by atoms with Gasteiger partial charge in [-0.2, -0.15) is 0 Å². The topological polar surface area (TPSA) is 115 Å².